The Morgan fingerprint density at radius 3 is 2.22 bits per heavy atom. The molecule has 0 unspecified atom stereocenters. The summed E-state index contributed by atoms with van der Waals surface area (Å²) in [6.45, 7) is 1.28. The minimum absolute atomic E-state index is 0.000576. The van der Waals surface area contributed by atoms with E-state index >= 15 is 0 Å². The Balaban J connectivity index is 2.17. The number of benzene rings is 2. The normalized spacial score (nSPS) is 11.2. The van der Waals surface area contributed by atoms with Crippen molar-refractivity contribution in [3.63, 3.8) is 0 Å². The van der Waals surface area contributed by atoms with E-state index in [1.165, 1.54) is 19.1 Å². The van der Waals surface area contributed by atoms with E-state index in [0.29, 0.717) is 0 Å². The molecule has 4 nitrogen and oxygen atoms in total. The minimum Gasteiger partial charge on any atom is -0.507 e. The molecule has 0 fully saturated rings. The summed E-state index contributed by atoms with van der Waals surface area (Å²) in [4.78, 5) is 23.5. The highest BCUT2D eigenvalue weighted by Crippen LogP contribution is 2.28. The smallest absolute Gasteiger partial charge is 0.189 e. The van der Waals surface area contributed by atoms with E-state index in [1.807, 2.05) is 36.4 Å². The number of hydrogen-bond acceptors (Lipinski definition) is 4. The van der Waals surface area contributed by atoms with E-state index in [-0.39, 0.29) is 28.4 Å². The molecule has 0 saturated heterocycles. The number of carbonyl (C=O) groups excluding carboxylic acids is 2. The molecule has 0 radical (unpaired) electrons. The largest absolute Gasteiger partial charge is 0.507 e. The van der Waals surface area contributed by atoms with E-state index in [4.69, 9.17) is 0 Å². The van der Waals surface area contributed by atoms with Gasteiger partial charge in [-0.25, -0.2) is 0 Å². The highest BCUT2D eigenvalue weighted by molar-refractivity contribution is 6.09. The molecule has 2 rings (SSSR count). The van der Waals surface area contributed by atoms with Gasteiger partial charge in [0.2, 0.25) is 0 Å². The molecule has 4 heteroatoms. The second kappa shape index (κ2) is 7.22. The van der Waals surface area contributed by atoms with Gasteiger partial charge in [-0.05, 0) is 24.6 Å². The molecule has 0 aliphatic carbocycles. The first-order valence-electron chi connectivity index (χ1n) is 7.00. The summed E-state index contributed by atoms with van der Waals surface area (Å²) in [6, 6.07) is 11.8. The topological polar surface area (TPSA) is 74.6 Å². The number of aromatic hydroxyl groups is 2. The number of allylic oxidation sites excluding steroid dienone is 3. The first-order valence-corrected chi connectivity index (χ1v) is 7.00. The molecular formula is C19H16O4. The SMILES string of the molecule is CC(=O)c1cc(C(=O)/C=C/C=C/c2ccccc2)c(O)cc1O. The zero-order valence-corrected chi connectivity index (χ0v) is 12.6. The Labute approximate surface area is 134 Å². The van der Waals surface area contributed by atoms with Gasteiger partial charge in [0.05, 0.1) is 11.1 Å². The van der Waals surface area contributed by atoms with Crippen molar-refractivity contribution in [2.24, 2.45) is 0 Å². The molecule has 23 heavy (non-hydrogen) atoms. The third kappa shape index (κ3) is 4.17. The molecule has 2 N–H and O–H groups in total. The van der Waals surface area contributed by atoms with Crippen LogP contribution >= 0.6 is 0 Å². The summed E-state index contributed by atoms with van der Waals surface area (Å²) in [7, 11) is 0. The predicted molar refractivity (Wildman–Crippen MR) is 88.7 cm³/mol. The Morgan fingerprint density at radius 2 is 1.57 bits per heavy atom. The first-order chi connectivity index (χ1) is 11.0. The number of phenolic OH excluding ortho intramolecular Hbond substituents is 2. The Kier molecular flexibility index (Phi) is 5.10. The van der Waals surface area contributed by atoms with Crippen LogP contribution < -0.4 is 0 Å². The van der Waals surface area contributed by atoms with Crippen LogP contribution in [-0.4, -0.2) is 21.8 Å². The van der Waals surface area contributed by atoms with Crippen molar-refractivity contribution in [3.8, 4) is 11.5 Å². The van der Waals surface area contributed by atoms with Crippen molar-refractivity contribution >= 4 is 17.6 Å². The van der Waals surface area contributed by atoms with Crippen molar-refractivity contribution in [2.45, 2.75) is 6.92 Å². The van der Waals surface area contributed by atoms with Crippen LogP contribution in [0.25, 0.3) is 6.08 Å². The number of carbonyl (C=O) groups is 2. The van der Waals surface area contributed by atoms with E-state index in [9.17, 15) is 19.8 Å². The molecule has 0 saturated carbocycles. The molecule has 0 aliphatic rings. The summed E-state index contributed by atoms with van der Waals surface area (Å²) in [5.41, 5.74) is 0.965. The lowest BCUT2D eigenvalue weighted by Gasteiger charge is -2.05. The Hall–Kier alpha value is -3.14. The van der Waals surface area contributed by atoms with Crippen molar-refractivity contribution in [2.75, 3.05) is 0 Å². The van der Waals surface area contributed by atoms with Crippen LogP contribution in [0.3, 0.4) is 0 Å². The average Bonchev–Trinajstić information content (AvgIpc) is 2.52. The van der Waals surface area contributed by atoms with Gasteiger partial charge in [0.25, 0.3) is 0 Å². The molecule has 2 aromatic carbocycles. The van der Waals surface area contributed by atoms with Gasteiger partial charge >= 0.3 is 0 Å². The van der Waals surface area contributed by atoms with Crippen LogP contribution in [-0.2, 0) is 0 Å². The maximum Gasteiger partial charge on any atom is 0.189 e. The maximum absolute atomic E-state index is 12.1. The van der Waals surface area contributed by atoms with Gasteiger partial charge in [-0.3, -0.25) is 9.59 Å². The summed E-state index contributed by atoms with van der Waals surface area (Å²) in [5, 5.41) is 19.3. The molecular weight excluding hydrogens is 292 g/mol. The van der Waals surface area contributed by atoms with E-state index in [2.05, 4.69) is 0 Å². The Bertz CT molecular complexity index is 787. The molecule has 0 heterocycles. The van der Waals surface area contributed by atoms with E-state index in [0.717, 1.165) is 11.6 Å². The van der Waals surface area contributed by atoms with Crippen LogP contribution in [0, 0.1) is 0 Å². The number of ketones is 2. The maximum atomic E-state index is 12.1. The fourth-order valence-electron chi connectivity index (χ4n) is 2.02. The number of hydrogen-bond donors (Lipinski definition) is 2. The standard InChI is InChI=1S/C19H16O4/c1-13(20)15-11-16(19(23)12-18(15)22)17(21)10-6-5-9-14-7-3-2-4-8-14/h2-12,22-23H,1H3/b9-5+,10-6+. The monoisotopic (exact) mass is 308 g/mol. The molecule has 0 aromatic heterocycles. The van der Waals surface area contributed by atoms with Gasteiger partial charge in [0.1, 0.15) is 11.5 Å². The van der Waals surface area contributed by atoms with Crippen LogP contribution in [0.4, 0.5) is 0 Å². The lowest BCUT2D eigenvalue weighted by atomic mass is 10.0. The molecule has 2 aromatic rings. The average molecular weight is 308 g/mol. The fraction of sp³-hybridized carbons (Fsp3) is 0.0526. The summed E-state index contributed by atoms with van der Waals surface area (Å²) in [6.07, 6.45) is 6.38. The summed E-state index contributed by atoms with van der Waals surface area (Å²) in [5.74, 6) is -1.55. The number of Topliss-reactive ketones (excluding diaryl/α,β-unsaturated/α-hetero) is 1. The molecule has 0 atom stereocenters. The van der Waals surface area contributed by atoms with Gasteiger partial charge < -0.3 is 10.2 Å². The van der Waals surface area contributed by atoms with Crippen molar-refractivity contribution in [3.05, 3.63) is 77.4 Å². The van der Waals surface area contributed by atoms with Crippen molar-refractivity contribution in [1.29, 1.82) is 0 Å². The summed E-state index contributed by atoms with van der Waals surface area (Å²) < 4.78 is 0. The van der Waals surface area contributed by atoms with E-state index < -0.39 is 5.78 Å². The molecule has 0 aliphatic heterocycles. The van der Waals surface area contributed by atoms with Gasteiger partial charge in [-0.15, -0.1) is 0 Å². The second-order valence-electron chi connectivity index (χ2n) is 4.94. The zero-order chi connectivity index (χ0) is 16.8. The van der Waals surface area contributed by atoms with Gasteiger partial charge in [-0.2, -0.15) is 0 Å². The van der Waals surface area contributed by atoms with Crippen LogP contribution in [0.5, 0.6) is 11.5 Å². The van der Waals surface area contributed by atoms with Gasteiger partial charge in [0.15, 0.2) is 11.6 Å². The van der Waals surface area contributed by atoms with Gasteiger partial charge in [-0.1, -0.05) is 48.6 Å². The van der Waals surface area contributed by atoms with Crippen molar-refractivity contribution in [1.82, 2.24) is 0 Å². The highest BCUT2D eigenvalue weighted by Gasteiger charge is 2.15. The van der Waals surface area contributed by atoms with Gasteiger partial charge in [0, 0.05) is 6.07 Å². The Morgan fingerprint density at radius 1 is 0.913 bits per heavy atom. The molecule has 0 bridgehead atoms. The third-order valence-corrected chi connectivity index (χ3v) is 3.21. The lowest BCUT2D eigenvalue weighted by molar-refractivity contribution is 0.101. The second-order valence-corrected chi connectivity index (χ2v) is 4.94. The van der Waals surface area contributed by atoms with Crippen LogP contribution in [0.2, 0.25) is 0 Å². The quantitative estimate of drug-likeness (QED) is 0.501. The lowest BCUT2D eigenvalue weighted by Crippen LogP contribution is -2.00. The van der Waals surface area contributed by atoms with Crippen LogP contribution in [0.1, 0.15) is 33.2 Å². The predicted octanol–water partition coefficient (Wildman–Crippen LogP) is 3.75. The van der Waals surface area contributed by atoms with Crippen molar-refractivity contribution < 1.29 is 19.8 Å². The van der Waals surface area contributed by atoms with Crippen LogP contribution in [0.15, 0.2) is 60.7 Å². The molecule has 0 amide bonds. The molecule has 116 valence electrons. The molecule has 0 spiro atoms. The third-order valence-electron chi connectivity index (χ3n) is 3.21. The number of rotatable bonds is 5. The minimum atomic E-state index is -0.456. The zero-order valence-electron chi connectivity index (χ0n) is 12.6. The summed E-state index contributed by atoms with van der Waals surface area (Å²) >= 11 is 0. The first kappa shape index (κ1) is 16.2. The highest BCUT2D eigenvalue weighted by atomic mass is 16.3. The fourth-order valence-corrected chi connectivity index (χ4v) is 2.02. The van der Waals surface area contributed by atoms with E-state index in [1.54, 1.807) is 12.2 Å². The number of phenols is 2.